The topological polar surface area (TPSA) is 75.5 Å². The minimum Gasteiger partial charge on any atom is -0.493 e. The maximum absolute atomic E-state index is 12.7. The van der Waals surface area contributed by atoms with Gasteiger partial charge in [0, 0.05) is 0 Å². The first-order chi connectivity index (χ1) is 12.9. The zero-order valence-electron chi connectivity index (χ0n) is 15.9. The van der Waals surface area contributed by atoms with E-state index in [4.69, 9.17) is 14.2 Å². The Morgan fingerprint density at radius 1 is 0.963 bits per heavy atom. The molecule has 0 amide bonds. The van der Waals surface area contributed by atoms with E-state index in [0.29, 0.717) is 17.2 Å². The molecule has 0 bridgehead atoms. The van der Waals surface area contributed by atoms with Crippen LogP contribution in [0, 0.1) is 20.8 Å². The van der Waals surface area contributed by atoms with Crippen molar-refractivity contribution < 1.29 is 19.0 Å². The van der Waals surface area contributed by atoms with Crippen molar-refractivity contribution in [1.29, 1.82) is 0 Å². The first-order valence-electron chi connectivity index (χ1n) is 8.39. The third kappa shape index (κ3) is 3.62. The van der Waals surface area contributed by atoms with Crippen LogP contribution in [0.3, 0.4) is 0 Å². The van der Waals surface area contributed by atoms with E-state index in [1.54, 1.807) is 25.1 Å². The molecule has 0 N–H and O–H groups in total. The lowest BCUT2D eigenvalue weighted by Gasteiger charge is -2.12. The number of methoxy groups -OCH3 is 2. The van der Waals surface area contributed by atoms with Crippen molar-refractivity contribution in [2.75, 3.05) is 14.2 Å². The summed E-state index contributed by atoms with van der Waals surface area (Å²) in [5.74, 6) is 0.350. The molecule has 140 valence electrons. The van der Waals surface area contributed by atoms with Gasteiger partial charge in [0.25, 0.3) is 0 Å². The molecule has 0 radical (unpaired) electrons. The van der Waals surface area contributed by atoms with Gasteiger partial charge in [-0.2, -0.15) is 9.90 Å². The predicted molar refractivity (Wildman–Crippen MR) is 100 cm³/mol. The molecule has 3 aromatic rings. The molecule has 0 aliphatic rings. The lowest BCUT2D eigenvalue weighted by atomic mass is 10.1. The molecule has 3 rings (SSSR count). The van der Waals surface area contributed by atoms with Crippen LogP contribution in [-0.4, -0.2) is 35.2 Å². The van der Waals surface area contributed by atoms with Crippen molar-refractivity contribution in [3.05, 3.63) is 58.9 Å². The minimum atomic E-state index is -0.633. The first-order valence-corrected chi connectivity index (χ1v) is 8.39. The van der Waals surface area contributed by atoms with Crippen LogP contribution in [0.15, 0.2) is 36.4 Å². The third-order valence-electron chi connectivity index (χ3n) is 4.12. The molecule has 0 atom stereocenters. The standard InChI is InChI=1S/C20H21N3O4/c1-12-9-10-15(13(2)11-12)23-21-14(3)18(22-23)20(24)27-19-16(25-4)7-6-8-17(19)26-5/h6-11H,1-5H3. The van der Waals surface area contributed by atoms with E-state index in [2.05, 4.69) is 10.2 Å². The zero-order chi connectivity index (χ0) is 19.6. The second-order valence-electron chi connectivity index (χ2n) is 6.09. The number of benzene rings is 2. The summed E-state index contributed by atoms with van der Waals surface area (Å²) in [6, 6.07) is 11.0. The van der Waals surface area contributed by atoms with Crippen LogP contribution in [0.4, 0.5) is 0 Å². The SMILES string of the molecule is COc1cccc(OC)c1OC(=O)c1nn(-c2ccc(C)cc2C)nc1C. The highest BCUT2D eigenvalue weighted by Crippen LogP contribution is 2.37. The number of nitrogens with zero attached hydrogens (tertiary/aromatic N) is 3. The highest BCUT2D eigenvalue weighted by atomic mass is 16.6. The van der Waals surface area contributed by atoms with Crippen molar-refractivity contribution in [2.45, 2.75) is 20.8 Å². The second-order valence-corrected chi connectivity index (χ2v) is 6.09. The Bertz CT molecular complexity index is 973. The summed E-state index contributed by atoms with van der Waals surface area (Å²) >= 11 is 0. The van der Waals surface area contributed by atoms with Crippen LogP contribution in [0.5, 0.6) is 17.2 Å². The highest BCUT2D eigenvalue weighted by Gasteiger charge is 2.22. The van der Waals surface area contributed by atoms with Crippen molar-refractivity contribution in [3.8, 4) is 22.9 Å². The number of rotatable bonds is 5. The lowest BCUT2D eigenvalue weighted by Crippen LogP contribution is -2.12. The summed E-state index contributed by atoms with van der Waals surface area (Å²) in [6.45, 7) is 5.70. The Morgan fingerprint density at radius 3 is 2.22 bits per heavy atom. The van der Waals surface area contributed by atoms with Gasteiger partial charge >= 0.3 is 5.97 Å². The Balaban J connectivity index is 1.94. The fourth-order valence-corrected chi connectivity index (χ4v) is 2.76. The maximum atomic E-state index is 12.7. The summed E-state index contributed by atoms with van der Waals surface area (Å²) in [4.78, 5) is 14.2. The van der Waals surface area contributed by atoms with E-state index in [1.807, 2.05) is 32.0 Å². The molecule has 0 fully saturated rings. The number of esters is 1. The number of para-hydroxylation sites is 1. The molecular formula is C20H21N3O4. The molecule has 7 heteroatoms. The quantitative estimate of drug-likeness (QED) is 0.508. The second kappa shape index (κ2) is 7.49. The summed E-state index contributed by atoms with van der Waals surface area (Å²) in [5.41, 5.74) is 3.55. The molecule has 7 nitrogen and oxygen atoms in total. The first kappa shape index (κ1) is 18.4. The van der Waals surface area contributed by atoms with Gasteiger partial charge in [-0.1, -0.05) is 23.8 Å². The molecule has 0 unspecified atom stereocenters. The van der Waals surface area contributed by atoms with Crippen LogP contribution < -0.4 is 14.2 Å². The number of carbonyl (C=O) groups is 1. The monoisotopic (exact) mass is 367 g/mol. The normalized spacial score (nSPS) is 10.6. The molecule has 0 saturated heterocycles. The van der Waals surface area contributed by atoms with Crippen molar-refractivity contribution in [3.63, 3.8) is 0 Å². The molecule has 0 aliphatic carbocycles. The van der Waals surface area contributed by atoms with Crippen molar-refractivity contribution in [1.82, 2.24) is 15.0 Å². The van der Waals surface area contributed by atoms with E-state index < -0.39 is 5.97 Å². The smallest absolute Gasteiger partial charge is 0.366 e. The van der Waals surface area contributed by atoms with Crippen LogP contribution in [0.25, 0.3) is 5.69 Å². The minimum absolute atomic E-state index is 0.128. The molecule has 0 saturated carbocycles. The van der Waals surface area contributed by atoms with Gasteiger partial charge in [0.15, 0.2) is 17.2 Å². The summed E-state index contributed by atoms with van der Waals surface area (Å²) in [7, 11) is 2.99. The van der Waals surface area contributed by atoms with Crippen molar-refractivity contribution >= 4 is 5.97 Å². The van der Waals surface area contributed by atoms with E-state index in [-0.39, 0.29) is 11.4 Å². The fourth-order valence-electron chi connectivity index (χ4n) is 2.76. The Morgan fingerprint density at radius 2 is 1.63 bits per heavy atom. The van der Waals surface area contributed by atoms with E-state index >= 15 is 0 Å². The van der Waals surface area contributed by atoms with Gasteiger partial charge in [-0.05, 0) is 44.5 Å². The average molecular weight is 367 g/mol. The average Bonchev–Trinajstić information content (AvgIpc) is 3.03. The molecule has 27 heavy (non-hydrogen) atoms. The number of ether oxygens (including phenoxy) is 3. The van der Waals surface area contributed by atoms with Crippen LogP contribution in [-0.2, 0) is 0 Å². The summed E-state index contributed by atoms with van der Waals surface area (Å²) < 4.78 is 16.0. The molecule has 1 heterocycles. The zero-order valence-corrected chi connectivity index (χ0v) is 15.9. The van der Waals surface area contributed by atoms with E-state index in [9.17, 15) is 4.79 Å². The van der Waals surface area contributed by atoms with Gasteiger partial charge < -0.3 is 14.2 Å². The molecular weight excluding hydrogens is 346 g/mol. The van der Waals surface area contributed by atoms with E-state index in [1.165, 1.54) is 19.0 Å². The number of hydrogen-bond acceptors (Lipinski definition) is 6. The highest BCUT2D eigenvalue weighted by molar-refractivity contribution is 5.90. The van der Waals surface area contributed by atoms with Gasteiger partial charge in [-0.15, -0.1) is 5.10 Å². The fraction of sp³-hybridized carbons (Fsp3) is 0.250. The van der Waals surface area contributed by atoms with Crippen LogP contribution in [0.1, 0.15) is 27.3 Å². The van der Waals surface area contributed by atoms with Crippen LogP contribution in [0.2, 0.25) is 0 Å². The number of carbonyl (C=O) groups excluding carboxylic acids is 1. The molecule has 1 aromatic heterocycles. The lowest BCUT2D eigenvalue weighted by molar-refractivity contribution is 0.0717. The van der Waals surface area contributed by atoms with Gasteiger partial charge in [0.2, 0.25) is 5.75 Å². The van der Waals surface area contributed by atoms with Gasteiger partial charge in [-0.3, -0.25) is 0 Å². The molecule has 2 aromatic carbocycles. The van der Waals surface area contributed by atoms with Crippen molar-refractivity contribution in [2.24, 2.45) is 0 Å². The Kier molecular flexibility index (Phi) is 5.12. The number of aromatic nitrogens is 3. The summed E-state index contributed by atoms with van der Waals surface area (Å²) in [5, 5.41) is 8.69. The summed E-state index contributed by atoms with van der Waals surface area (Å²) in [6.07, 6.45) is 0. The Hall–Kier alpha value is -3.35. The maximum Gasteiger partial charge on any atom is 0.366 e. The largest absolute Gasteiger partial charge is 0.493 e. The number of hydrogen-bond donors (Lipinski definition) is 0. The molecule has 0 aliphatic heterocycles. The van der Waals surface area contributed by atoms with E-state index in [0.717, 1.165) is 16.8 Å². The predicted octanol–water partition coefficient (Wildman–Crippen LogP) is 3.43. The Labute approximate surface area is 157 Å². The third-order valence-corrected chi connectivity index (χ3v) is 4.12. The van der Waals surface area contributed by atoms with Gasteiger partial charge in [-0.25, -0.2) is 4.79 Å². The number of aryl methyl sites for hydroxylation is 3. The van der Waals surface area contributed by atoms with Crippen LogP contribution >= 0.6 is 0 Å². The molecule has 0 spiro atoms. The van der Waals surface area contributed by atoms with Gasteiger partial charge in [0.05, 0.1) is 25.6 Å². The van der Waals surface area contributed by atoms with Gasteiger partial charge in [0.1, 0.15) is 0 Å².